The Labute approximate surface area is 125 Å². The molecule has 6 nitrogen and oxygen atoms in total. The minimum atomic E-state index is -0.959. The number of nitrogen functional groups attached to an aromatic ring is 1. The van der Waals surface area contributed by atoms with Crippen LogP contribution in [-0.4, -0.2) is 28.5 Å². The van der Waals surface area contributed by atoms with Gasteiger partial charge < -0.3 is 15.7 Å². The molecule has 0 radical (unpaired) electrons. The van der Waals surface area contributed by atoms with E-state index >= 15 is 0 Å². The second-order valence-corrected chi connectivity index (χ2v) is 5.35. The van der Waals surface area contributed by atoms with E-state index in [0.29, 0.717) is 10.8 Å². The number of carboxylic acid groups (broad SMARTS) is 1. The number of hydrogen-bond donors (Lipinski definition) is 2. The topological polar surface area (TPSA) is 96.5 Å². The molecule has 2 rings (SSSR count). The first-order valence-corrected chi connectivity index (χ1v) is 7.17. The normalized spacial score (nSPS) is 10.3. The quantitative estimate of drug-likeness (QED) is 0.882. The molecule has 0 saturated heterocycles. The van der Waals surface area contributed by atoms with Crippen molar-refractivity contribution in [2.45, 2.75) is 13.3 Å². The van der Waals surface area contributed by atoms with Crippen LogP contribution in [-0.2, 0) is 4.79 Å². The number of amides is 1. The minimum absolute atomic E-state index is 0.0798. The molecule has 7 heteroatoms. The van der Waals surface area contributed by atoms with Crippen molar-refractivity contribution in [3.63, 3.8) is 0 Å². The molecule has 0 unspecified atom stereocenters. The second kappa shape index (κ2) is 6.36. The fourth-order valence-electron chi connectivity index (χ4n) is 1.93. The van der Waals surface area contributed by atoms with Crippen molar-refractivity contribution in [1.29, 1.82) is 0 Å². The molecule has 21 heavy (non-hydrogen) atoms. The van der Waals surface area contributed by atoms with Crippen molar-refractivity contribution >= 4 is 34.0 Å². The van der Waals surface area contributed by atoms with E-state index in [-0.39, 0.29) is 24.6 Å². The summed E-state index contributed by atoms with van der Waals surface area (Å²) >= 11 is 1.18. The van der Waals surface area contributed by atoms with Crippen LogP contribution in [0.15, 0.2) is 29.6 Å². The van der Waals surface area contributed by atoms with Crippen molar-refractivity contribution in [3.05, 3.63) is 40.9 Å². The predicted molar refractivity (Wildman–Crippen MR) is 81.6 cm³/mol. The molecule has 0 saturated carbocycles. The Morgan fingerprint density at radius 2 is 2.10 bits per heavy atom. The predicted octanol–water partition coefficient (Wildman–Crippen LogP) is 2.16. The number of carboxylic acids is 1. The zero-order chi connectivity index (χ0) is 15.4. The highest BCUT2D eigenvalue weighted by Crippen LogP contribution is 2.23. The Morgan fingerprint density at radius 1 is 1.38 bits per heavy atom. The van der Waals surface area contributed by atoms with Gasteiger partial charge in [-0.15, -0.1) is 11.3 Å². The van der Waals surface area contributed by atoms with Gasteiger partial charge in [0.2, 0.25) is 0 Å². The molecule has 0 aliphatic carbocycles. The smallest absolute Gasteiger partial charge is 0.305 e. The number of aromatic nitrogens is 1. The first-order chi connectivity index (χ1) is 9.99. The van der Waals surface area contributed by atoms with E-state index in [0.717, 1.165) is 5.56 Å². The van der Waals surface area contributed by atoms with Crippen LogP contribution in [0.5, 0.6) is 0 Å². The lowest BCUT2D eigenvalue weighted by Gasteiger charge is -2.23. The molecule has 0 bridgehead atoms. The number of para-hydroxylation sites is 1. The SMILES string of the molecule is Cc1ccccc1N(CCC(=O)O)C(=O)c1csc(N)n1. The Bertz CT molecular complexity index is 669. The maximum Gasteiger partial charge on any atom is 0.305 e. The van der Waals surface area contributed by atoms with Gasteiger partial charge in [-0.2, -0.15) is 0 Å². The van der Waals surface area contributed by atoms with Crippen molar-refractivity contribution in [2.75, 3.05) is 17.2 Å². The molecule has 0 fully saturated rings. The van der Waals surface area contributed by atoms with E-state index < -0.39 is 5.97 Å². The van der Waals surface area contributed by atoms with Crippen LogP contribution >= 0.6 is 11.3 Å². The summed E-state index contributed by atoms with van der Waals surface area (Å²) in [5.74, 6) is -1.31. The third-order valence-electron chi connectivity index (χ3n) is 2.94. The van der Waals surface area contributed by atoms with Gasteiger partial charge in [-0.3, -0.25) is 9.59 Å². The summed E-state index contributed by atoms with van der Waals surface area (Å²) < 4.78 is 0. The molecule has 1 heterocycles. The van der Waals surface area contributed by atoms with Crippen molar-refractivity contribution in [3.8, 4) is 0 Å². The van der Waals surface area contributed by atoms with E-state index in [1.54, 1.807) is 17.5 Å². The number of aliphatic carboxylic acids is 1. The number of aryl methyl sites for hydroxylation is 1. The average molecular weight is 305 g/mol. The minimum Gasteiger partial charge on any atom is -0.481 e. The summed E-state index contributed by atoms with van der Waals surface area (Å²) in [6.07, 6.45) is -0.139. The van der Waals surface area contributed by atoms with Crippen LogP contribution in [0.25, 0.3) is 0 Å². The molecule has 0 atom stereocenters. The van der Waals surface area contributed by atoms with E-state index in [2.05, 4.69) is 4.98 Å². The largest absolute Gasteiger partial charge is 0.481 e. The summed E-state index contributed by atoms with van der Waals surface area (Å²) in [6, 6.07) is 7.31. The molecular weight excluding hydrogens is 290 g/mol. The fraction of sp³-hybridized carbons (Fsp3) is 0.214. The number of benzene rings is 1. The Morgan fingerprint density at radius 3 is 2.67 bits per heavy atom. The number of hydrogen-bond acceptors (Lipinski definition) is 5. The molecule has 0 spiro atoms. The van der Waals surface area contributed by atoms with E-state index in [9.17, 15) is 9.59 Å². The van der Waals surface area contributed by atoms with Gasteiger partial charge >= 0.3 is 5.97 Å². The molecule has 1 aromatic heterocycles. The lowest BCUT2D eigenvalue weighted by atomic mass is 10.1. The maximum atomic E-state index is 12.5. The maximum absolute atomic E-state index is 12.5. The fourth-order valence-corrected chi connectivity index (χ4v) is 2.47. The number of carbonyl (C=O) groups is 2. The van der Waals surface area contributed by atoms with Crippen LogP contribution in [0.1, 0.15) is 22.5 Å². The van der Waals surface area contributed by atoms with E-state index in [1.807, 2.05) is 19.1 Å². The van der Waals surface area contributed by atoms with Gasteiger partial charge in [-0.1, -0.05) is 18.2 Å². The van der Waals surface area contributed by atoms with Gasteiger partial charge in [-0.25, -0.2) is 4.98 Å². The highest BCUT2D eigenvalue weighted by Gasteiger charge is 2.22. The summed E-state index contributed by atoms with van der Waals surface area (Å²) in [6.45, 7) is 1.95. The number of nitrogens with zero attached hydrogens (tertiary/aromatic N) is 2. The molecule has 0 aliphatic heterocycles. The summed E-state index contributed by atoms with van der Waals surface area (Å²) in [5.41, 5.74) is 7.34. The summed E-state index contributed by atoms with van der Waals surface area (Å²) in [7, 11) is 0. The first-order valence-electron chi connectivity index (χ1n) is 6.29. The number of nitrogens with two attached hydrogens (primary N) is 1. The first kappa shape index (κ1) is 15.0. The van der Waals surface area contributed by atoms with Crippen molar-refractivity contribution in [1.82, 2.24) is 4.98 Å². The highest BCUT2D eigenvalue weighted by molar-refractivity contribution is 7.13. The molecule has 0 aliphatic rings. The third kappa shape index (κ3) is 3.57. The Hall–Kier alpha value is -2.41. The number of anilines is 2. The van der Waals surface area contributed by atoms with Crippen molar-refractivity contribution < 1.29 is 14.7 Å². The van der Waals surface area contributed by atoms with Crippen LogP contribution in [0.3, 0.4) is 0 Å². The Kier molecular flexibility index (Phi) is 4.54. The molecule has 110 valence electrons. The molecule has 1 aromatic carbocycles. The van der Waals surface area contributed by atoms with Gasteiger partial charge in [-0.05, 0) is 18.6 Å². The van der Waals surface area contributed by atoms with E-state index in [1.165, 1.54) is 16.2 Å². The van der Waals surface area contributed by atoms with Gasteiger partial charge in [0.05, 0.1) is 6.42 Å². The summed E-state index contributed by atoms with van der Waals surface area (Å²) in [5, 5.41) is 10.7. The van der Waals surface area contributed by atoms with Crippen molar-refractivity contribution in [2.24, 2.45) is 0 Å². The lowest BCUT2D eigenvalue weighted by Crippen LogP contribution is -2.33. The summed E-state index contributed by atoms with van der Waals surface area (Å²) in [4.78, 5) is 28.8. The molecule has 3 N–H and O–H groups in total. The second-order valence-electron chi connectivity index (χ2n) is 4.46. The van der Waals surface area contributed by atoms with Gasteiger partial charge in [0.1, 0.15) is 5.69 Å². The van der Waals surface area contributed by atoms with Crippen LogP contribution in [0, 0.1) is 6.92 Å². The molecule has 2 aromatic rings. The standard InChI is InChI=1S/C14H15N3O3S/c1-9-4-2-3-5-11(9)17(7-6-12(18)19)13(20)10-8-21-14(15)16-10/h2-5,8H,6-7H2,1H3,(H2,15,16)(H,18,19). The van der Waals surface area contributed by atoms with E-state index in [4.69, 9.17) is 10.8 Å². The molecular formula is C14H15N3O3S. The molecule has 1 amide bonds. The van der Waals surface area contributed by atoms with Gasteiger partial charge in [0, 0.05) is 17.6 Å². The zero-order valence-electron chi connectivity index (χ0n) is 11.4. The lowest BCUT2D eigenvalue weighted by molar-refractivity contribution is -0.136. The van der Waals surface area contributed by atoms with Crippen LogP contribution in [0.2, 0.25) is 0 Å². The number of rotatable bonds is 5. The van der Waals surface area contributed by atoms with Crippen LogP contribution in [0.4, 0.5) is 10.8 Å². The zero-order valence-corrected chi connectivity index (χ0v) is 12.3. The monoisotopic (exact) mass is 305 g/mol. The number of carbonyl (C=O) groups excluding carboxylic acids is 1. The Balaban J connectivity index is 2.34. The average Bonchev–Trinajstić information content (AvgIpc) is 2.87. The number of thiazole rings is 1. The van der Waals surface area contributed by atoms with Gasteiger partial charge in [0.15, 0.2) is 5.13 Å². The van der Waals surface area contributed by atoms with Crippen LogP contribution < -0.4 is 10.6 Å². The highest BCUT2D eigenvalue weighted by atomic mass is 32.1. The van der Waals surface area contributed by atoms with Gasteiger partial charge in [0.25, 0.3) is 5.91 Å². The third-order valence-corrected chi connectivity index (χ3v) is 3.62.